The van der Waals surface area contributed by atoms with Crippen molar-refractivity contribution in [2.75, 3.05) is 20.1 Å². The maximum Gasteiger partial charge on any atom is 0.0151 e. The molecule has 58 valence electrons. The SMILES string of the molecule is CNC/C=C1/CCCCN1. The van der Waals surface area contributed by atoms with Crippen molar-refractivity contribution >= 4 is 0 Å². The minimum Gasteiger partial charge on any atom is -0.389 e. The second kappa shape index (κ2) is 4.34. The molecule has 0 aromatic rings. The first kappa shape index (κ1) is 7.61. The van der Waals surface area contributed by atoms with Crippen LogP contribution in [0.5, 0.6) is 0 Å². The van der Waals surface area contributed by atoms with Gasteiger partial charge in [-0.15, -0.1) is 0 Å². The number of piperidine rings is 1. The minimum absolute atomic E-state index is 0.988. The van der Waals surface area contributed by atoms with Gasteiger partial charge in [0, 0.05) is 18.8 Å². The van der Waals surface area contributed by atoms with Crippen LogP contribution in [0, 0.1) is 0 Å². The Morgan fingerprint density at radius 1 is 1.60 bits per heavy atom. The van der Waals surface area contributed by atoms with Crippen LogP contribution in [0.3, 0.4) is 0 Å². The zero-order valence-corrected chi connectivity index (χ0v) is 6.61. The summed E-state index contributed by atoms with van der Waals surface area (Å²) in [5.41, 5.74) is 1.42. The maximum absolute atomic E-state index is 3.38. The fraction of sp³-hybridized carbons (Fsp3) is 0.750. The van der Waals surface area contributed by atoms with Gasteiger partial charge in [0.1, 0.15) is 0 Å². The molecular weight excluding hydrogens is 124 g/mol. The quantitative estimate of drug-likeness (QED) is 0.594. The van der Waals surface area contributed by atoms with E-state index in [4.69, 9.17) is 0 Å². The lowest BCUT2D eigenvalue weighted by atomic mass is 10.1. The summed E-state index contributed by atoms with van der Waals surface area (Å²) in [6, 6.07) is 0. The molecule has 1 aliphatic rings. The molecule has 0 atom stereocenters. The Kier molecular flexibility index (Phi) is 3.30. The molecule has 0 radical (unpaired) electrons. The predicted octanol–water partition coefficient (Wildman–Crippen LogP) is 0.863. The van der Waals surface area contributed by atoms with Crippen molar-refractivity contribution < 1.29 is 0 Å². The molecule has 1 heterocycles. The van der Waals surface area contributed by atoms with E-state index in [1.54, 1.807) is 0 Å². The fourth-order valence-corrected chi connectivity index (χ4v) is 1.18. The van der Waals surface area contributed by atoms with Gasteiger partial charge in [-0.3, -0.25) is 0 Å². The molecule has 0 unspecified atom stereocenters. The van der Waals surface area contributed by atoms with Gasteiger partial charge >= 0.3 is 0 Å². The summed E-state index contributed by atoms with van der Waals surface area (Å²) in [4.78, 5) is 0. The van der Waals surface area contributed by atoms with E-state index in [-0.39, 0.29) is 0 Å². The Bertz CT molecular complexity index is 110. The third kappa shape index (κ3) is 2.40. The van der Waals surface area contributed by atoms with Gasteiger partial charge in [0.25, 0.3) is 0 Å². The Morgan fingerprint density at radius 3 is 3.10 bits per heavy atom. The van der Waals surface area contributed by atoms with Crippen LogP contribution in [-0.2, 0) is 0 Å². The molecule has 0 spiro atoms. The average Bonchev–Trinajstić information content (AvgIpc) is 2.03. The van der Waals surface area contributed by atoms with Gasteiger partial charge in [0.15, 0.2) is 0 Å². The van der Waals surface area contributed by atoms with Gasteiger partial charge < -0.3 is 10.6 Å². The first-order valence-electron chi connectivity index (χ1n) is 4.01. The third-order valence-corrected chi connectivity index (χ3v) is 1.78. The van der Waals surface area contributed by atoms with Crippen molar-refractivity contribution in [1.29, 1.82) is 0 Å². The maximum atomic E-state index is 3.38. The van der Waals surface area contributed by atoms with Gasteiger partial charge in [-0.1, -0.05) is 6.08 Å². The van der Waals surface area contributed by atoms with Crippen molar-refractivity contribution in [1.82, 2.24) is 10.6 Å². The van der Waals surface area contributed by atoms with Gasteiger partial charge in [-0.05, 0) is 26.3 Å². The highest BCUT2D eigenvalue weighted by Crippen LogP contribution is 2.08. The van der Waals surface area contributed by atoms with Crippen molar-refractivity contribution in [3.63, 3.8) is 0 Å². The summed E-state index contributed by atoms with van der Waals surface area (Å²) >= 11 is 0. The van der Waals surface area contributed by atoms with Gasteiger partial charge in [0.2, 0.25) is 0 Å². The molecule has 0 aromatic carbocycles. The van der Waals surface area contributed by atoms with Crippen LogP contribution in [0.15, 0.2) is 11.8 Å². The lowest BCUT2D eigenvalue weighted by Gasteiger charge is -2.16. The van der Waals surface area contributed by atoms with Gasteiger partial charge in [-0.25, -0.2) is 0 Å². The normalized spacial score (nSPS) is 22.7. The lowest BCUT2D eigenvalue weighted by Crippen LogP contribution is -2.21. The highest BCUT2D eigenvalue weighted by atomic mass is 14.9. The van der Waals surface area contributed by atoms with Crippen molar-refractivity contribution in [2.45, 2.75) is 19.3 Å². The number of rotatable bonds is 2. The molecule has 0 amide bonds. The Hall–Kier alpha value is -0.500. The Labute approximate surface area is 62.7 Å². The molecule has 1 saturated heterocycles. The Balaban J connectivity index is 2.23. The number of likely N-dealkylation sites (N-methyl/N-ethyl adjacent to an activating group) is 1. The summed E-state index contributed by atoms with van der Waals surface area (Å²) in [6.07, 6.45) is 6.15. The smallest absolute Gasteiger partial charge is 0.0151 e. The largest absolute Gasteiger partial charge is 0.389 e. The molecule has 0 aliphatic carbocycles. The van der Waals surface area contributed by atoms with E-state index in [1.807, 2.05) is 7.05 Å². The van der Waals surface area contributed by atoms with E-state index in [2.05, 4.69) is 16.7 Å². The standard InChI is InChI=1S/C8H16N2/c1-9-7-5-8-4-2-3-6-10-8/h5,9-10H,2-4,6-7H2,1H3/b8-5-. The summed E-state index contributed by atoms with van der Waals surface area (Å²) in [5, 5.41) is 6.47. The molecule has 2 nitrogen and oxygen atoms in total. The first-order chi connectivity index (χ1) is 4.93. The van der Waals surface area contributed by atoms with Crippen LogP contribution in [0.1, 0.15) is 19.3 Å². The monoisotopic (exact) mass is 140 g/mol. The molecule has 0 saturated carbocycles. The van der Waals surface area contributed by atoms with E-state index in [0.29, 0.717) is 0 Å². The summed E-state index contributed by atoms with van der Waals surface area (Å²) in [7, 11) is 1.97. The van der Waals surface area contributed by atoms with Crippen LogP contribution in [0.4, 0.5) is 0 Å². The van der Waals surface area contributed by atoms with Crippen LogP contribution in [0.2, 0.25) is 0 Å². The summed E-state index contributed by atoms with van der Waals surface area (Å²) in [5.74, 6) is 0. The van der Waals surface area contributed by atoms with Crippen molar-refractivity contribution in [2.24, 2.45) is 0 Å². The third-order valence-electron chi connectivity index (χ3n) is 1.78. The van der Waals surface area contributed by atoms with Crippen LogP contribution < -0.4 is 10.6 Å². The van der Waals surface area contributed by atoms with Crippen LogP contribution in [0.25, 0.3) is 0 Å². The van der Waals surface area contributed by atoms with E-state index in [9.17, 15) is 0 Å². The van der Waals surface area contributed by atoms with E-state index in [1.165, 1.54) is 25.0 Å². The molecule has 1 aliphatic heterocycles. The molecule has 1 rings (SSSR count). The molecule has 2 heteroatoms. The summed E-state index contributed by atoms with van der Waals surface area (Å²) < 4.78 is 0. The van der Waals surface area contributed by atoms with E-state index < -0.39 is 0 Å². The zero-order chi connectivity index (χ0) is 7.23. The van der Waals surface area contributed by atoms with E-state index in [0.717, 1.165) is 13.1 Å². The average molecular weight is 140 g/mol. The molecule has 0 aromatic heterocycles. The second-order valence-electron chi connectivity index (χ2n) is 2.67. The predicted molar refractivity (Wildman–Crippen MR) is 43.9 cm³/mol. The number of allylic oxidation sites excluding steroid dienone is 1. The van der Waals surface area contributed by atoms with Gasteiger partial charge in [-0.2, -0.15) is 0 Å². The summed E-state index contributed by atoms with van der Waals surface area (Å²) in [6.45, 7) is 2.15. The molecule has 2 N–H and O–H groups in total. The van der Waals surface area contributed by atoms with Crippen LogP contribution >= 0.6 is 0 Å². The number of hydrogen-bond acceptors (Lipinski definition) is 2. The second-order valence-corrected chi connectivity index (χ2v) is 2.67. The molecule has 10 heavy (non-hydrogen) atoms. The topological polar surface area (TPSA) is 24.1 Å². The van der Waals surface area contributed by atoms with Crippen molar-refractivity contribution in [3.8, 4) is 0 Å². The van der Waals surface area contributed by atoms with Crippen molar-refractivity contribution in [3.05, 3.63) is 11.8 Å². The van der Waals surface area contributed by atoms with Crippen LogP contribution in [-0.4, -0.2) is 20.1 Å². The minimum atomic E-state index is 0.988. The lowest BCUT2D eigenvalue weighted by molar-refractivity contribution is 0.584. The molecule has 0 bridgehead atoms. The molecular formula is C8H16N2. The first-order valence-corrected chi connectivity index (χ1v) is 4.01. The highest BCUT2D eigenvalue weighted by molar-refractivity contribution is 5.02. The number of nitrogens with one attached hydrogen (secondary N) is 2. The van der Waals surface area contributed by atoms with E-state index >= 15 is 0 Å². The highest BCUT2D eigenvalue weighted by Gasteiger charge is 2.01. The number of hydrogen-bond donors (Lipinski definition) is 2. The fourth-order valence-electron chi connectivity index (χ4n) is 1.18. The Morgan fingerprint density at radius 2 is 2.50 bits per heavy atom. The zero-order valence-electron chi connectivity index (χ0n) is 6.61. The molecule has 1 fully saturated rings. The van der Waals surface area contributed by atoms with Gasteiger partial charge in [0.05, 0.1) is 0 Å².